The van der Waals surface area contributed by atoms with Gasteiger partial charge in [0.2, 0.25) is 0 Å². The Kier molecular flexibility index (Phi) is 7.66. The second kappa shape index (κ2) is 10.9. The predicted octanol–water partition coefficient (Wildman–Crippen LogP) is 5.70. The summed E-state index contributed by atoms with van der Waals surface area (Å²) in [5.74, 6) is 2.79. The van der Waals surface area contributed by atoms with Gasteiger partial charge in [0.1, 0.15) is 6.61 Å². The van der Waals surface area contributed by atoms with Crippen LogP contribution in [0.5, 0.6) is 23.0 Å². The van der Waals surface area contributed by atoms with Crippen molar-refractivity contribution in [1.82, 2.24) is 4.90 Å². The third-order valence-electron chi connectivity index (χ3n) is 6.35. The van der Waals surface area contributed by atoms with E-state index in [1.807, 2.05) is 30.3 Å². The molecule has 0 unspecified atom stereocenters. The molecule has 0 aliphatic carbocycles. The number of nitrogens with one attached hydrogen (secondary N) is 1. The number of para-hydroxylation sites is 2. The summed E-state index contributed by atoms with van der Waals surface area (Å²) < 4.78 is 22.9. The molecule has 0 fully saturated rings. The number of anilines is 1. The third kappa shape index (κ3) is 5.30. The average molecular weight is 493 g/mol. The van der Waals surface area contributed by atoms with Crippen molar-refractivity contribution >= 4 is 23.0 Å². The number of fused-ring (bicyclic) bond motifs is 1. The minimum Gasteiger partial charge on any atom is -0.493 e. The molecule has 1 N–H and O–H groups in total. The Morgan fingerprint density at radius 3 is 2.29 bits per heavy atom. The highest BCUT2D eigenvalue weighted by Crippen LogP contribution is 2.39. The van der Waals surface area contributed by atoms with Crippen LogP contribution in [0.4, 0.5) is 5.69 Å². The van der Waals surface area contributed by atoms with Gasteiger partial charge in [0.15, 0.2) is 28.1 Å². The van der Waals surface area contributed by atoms with Gasteiger partial charge < -0.3 is 29.2 Å². The van der Waals surface area contributed by atoms with Gasteiger partial charge in [-0.25, -0.2) is 0 Å². The molecule has 0 radical (unpaired) electrons. The first-order chi connectivity index (χ1) is 16.9. The number of rotatable bonds is 7. The van der Waals surface area contributed by atoms with Crippen molar-refractivity contribution in [3.8, 4) is 23.0 Å². The Labute approximate surface area is 212 Å². The fourth-order valence-corrected chi connectivity index (χ4v) is 4.83. The van der Waals surface area contributed by atoms with E-state index >= 15 is 0 Å². The Bertz CT molecular complexity index is 1210. The topological polar surface area (TPSA) is 52.2 Å². The molecule has 7 heteroatoms. The maximum atomic E-state index is 6.30. The first-order valence-electron chi connectivity index (χ1n) is 11.6. The first-order valence-corrected chi connectivity index (χ1v) is 12.0. The summed E-state index contributed by atoms with van der Waals surface area (Å²) in [5, 5.41) is 4.12. The van der Waals surface area contributed by atoms with Gasteiger partial charge in [0.25, 0.3) is 0 Å². The van der Waals surface area contributed by atoms with Gasteiger partial charge in [-0.3, -0.25) is 0 Å². The van der Waals surface area contributed by atoms with Gasteiger partial charge in [-0.05, 0) is 79.5 Å². The number of methoxy groups -OCH3 is 3. The van der Waals surface area contributed by atoms with E-state index in [1.54, 1.807) is 21.3 Å². The first kappa shape index (κ1) is 24.7. The lowest BCUT2D eigenvalue weighted by Gasteiger charge is -2.39. The highest BCUT2D eigenvalue weighted by Gasteiger charge is 2.32. The quantitative estimate of drug-likeness (QED) is 0.424. The van der Waals surface area contributed by atoms with E-state index in [2.05, 4.69) is 48.3 Å². The van der Waals surface area contributed by atoms with Gasteiger partial charge >= 0.3 is 0 Å². The van der Waals surface area contributed by atoms with Gasteiger partial charge in [0, 0.05) is 12.2 Å². The summed E-state index contributed by atoms with van der Waals surface area (Å²) in [4.78, 5) is 2.19. The molecule has 1 aliphatic rings. The van der Waals surface area contributed by atoms with Crippen molar-refractivity contribution in [2.45, 2.75) is 26.3 Å². The van der Waals surface area contributed by atoms with Crippen LogP contribution in [-0.2, 0) is 6.42 Å². The van der Waals surface area contributed by atoms with E-state index in [9.17, 15) is 0 Å². The lowest BCUT2D eigenvalue weighted by Crippen LogP contribution is -2.44. The zero-order valence-electron chi connectivity index (χ0n) is 20.9. The van der Waals surface area contributed by atoms with E-state index in [0.717, 1.165) is 35.5 Å². The Morgan fingerprint density at radius 2 is 1.60 bits per heavy atom. The molecule has 0 aromatic heterocycles. The number of thiocarbonyl (C=S) groups is 1. The number of benzene rings is 3. The van der Waals surface area contributed by atoms with Crippen LogP contribution in [0.25, 0.3) is 0 Å². The van der Waals surface area contributed by atoms with Crippen LogP contribution in [0.1, 0.15) is 28.3 Å². The lowest BCUT2D eigenvalue weighted by molar-refractivity contribution is 0.185. The Morgan fingerprint density at radius 1 is 0.914 bits per heavy atom. The summed E-state index contributed by atoms with van der Waals surface area (Å²) in [6.45, 7) is 5.31. The predicted molar refractivity (Wildman–Crippen MR) is 143 cm³/mol. The number of hydrogen-bond acceptors (Lipinski definition) is 5. The van der Waals surface area contributed by atoms with Crippen molar-refractivity contribution in [1.29, 1.82) is 0 Å². The molecule has 184 valence electrons. The molecule has 0 amide bonds. The van der Waals surface area contributed by atoms with Gasteiger partial charge in [0.05, 0.1) is 27.4 Å². The number of nitrogens with zero attached hydrogens (tertiary/aromatic N) is 1. The molecule has 4 rings (SSSR count). The molecular weight excluding hydrogens is 460 g/mol. The second-order valence-electron chi connectivity index (χ2n) is 8.58. The molecule has 0 saturated carbocycles. The van der Waals surface area contributed by atoms with Crippen LogP contribution in [0.15, 0.2) is 54.6 Å². The standard InChI is InChI=1S/C28H32N2O4S/c1-18-10-11-22(19(2)14-18)29-28(35)30-13-12-20-15-26(32-4)27(33-5)16-21(20)23(30)17-34-25-9-7-6-8-24(25)31-3/h6-11,14-16,23H,12-13,17H2,1-5H3,(H,29,35)/t23-/m0/s1. The number of hydrogen-bond donors (Lipinski definition) is 1. The molecule has 6 nitrogen and oxygen atoms in total. The smallest absolute Gasteiger partial charge is 0.174 e. The van der Waals surface area contributed by atoms with E-state index in [-0.39, 0.29) is 6.04 Å². The molecule has 0 spiro atoms. The summed E-state index contributed by atoms with van der Waals surface area (Å²) in [6, 6.07) is 17.9. The fourth-order valence-electron chi connectivity index (χ4n) is 4.50. The van der Waals surface area contributed by atoms with Crippen molar-refractivity contribution in [3.05, 3.63) is 76.9 Å². The number of ether oxygens (including phenoxy) is 4. The maximum absolute atomic E-state index is 6.30. The summed E-state index contributed by atoms with van der Waals surface area (Å²) in [7, 11) is 4.95. The van der Waals surface area contributed by atoms with E-state index in [4.69, 9.17) is 31.2 Å². The monoisotopic (exact) mass is 492 g/mol. The SMILES string of the molecule is COc1cc2c(cc1OC)[C@H](COc1ccccc1OC)N(C(=S)Nc1ccc(C)cc1C)CC2. The Hall–Kier alpha value is -3.45. The third-order valence-corrected chi connectivity index (χ3v) is 6.69. The fraction of sp³-hybridized carbons (Fsp3) is 0.321. The minimum absolute atomic E-state index is 0.130. The normalized spacial score (nSPS) is 14.7. The van der Waals surface area contributed by atoms with Gasteiger partial charge in [-0.2, -0.15) is 0 Å². The van der Waals surface area contributed by atoms with E-state index in [1.165, 1.54) is 11.1 Å². The molecule has 0 saturated heterocycles. The summed E-state index contributed by atoms with van der Waals surface area (Å²) >= 11 is 5.92. The minimum atomic E-state index is -0.130. The molecule has 1 aliphatic heterocycles. The second-order valence-corrected chi connectivity index (χ2v) is 8.96. The van der Waals surface area contributed by atoms with Crippen LogP contribution in [-0.4, -0.2) is 44.5 Å². The van der Waals surface area contributed by atoms with Crippen molar-refractivity contribution < 1.29 is 18.9 Å². The molecule has 0 bridgehead atoms. The molecular formula is C28H32N2O4S. The largest absolute Gasteiger partial charge is 0.493 e. The Balaban J connectivity index is 1.67. The van der Waals surface area contributed by atoms with E-state index in [0.29, 0.717) is 29.0 Å². The van der Waals surface area contributed by atoms with Crippen LogP contribution in [0.3, 0.4) is 0 Å². The highest BCUT2D eigenvalue weighted by atomic mass is 32.1. The van der Waals surface area contributed by atoms with Crippen LogP contribution >= 0.6 is 12.2 Å². The molecule has 1 heterocycles. The van der Waals surface area contributed by atoms with Gasteiger partial charge in [-0.15, -0.1) is 0 Å². The van der Waals surface area contributed by atoms with Crippen LogP contribution in [0.2, 0.25) is 0 Å². The average Bonchev–Trinajstić information content (AvgIpc) is 2.87. The highest BCUT2D eigenvalue weighted by molar-refractivity contribution is 7.80. The van der Waals surface area contributed by atoms with Crippen molar-refractivity contribution in [3.63, 3.8) is 0 Å². The molecule has 3 aromatic carbocycles. The molecule has 1 atom stereocenters. The maximum Gasteiger partial charge on any atom is 0.174 e. The van der Waals surface area contributed by atoms with Gasteiger partial charge in [-0.1, -0.05) is 29.8 Å². The number of aryl methyl sites for hydroxylation is 2. The lowest BCUT2D eigenvalue weighted by atomic mass is 9.92. The van der Waals surface area contributed by atoms with E-state index < -0.39 is 0 Å². The van der Waals surface area contributed by atoms with Crippen molar-refractivity contribution in [2.75, 3.05) is 39.8 Å². The molecule has 3 aromatic rings. The van der Waals surface area contributed by atoms with Crippen molar-refractivity contribution in [2.24, 2.45) is 0 Å². The zero-order chi connectivity index (χ0) is 24.9. The van der Waals surface area contributed by atoms with Crippen LogP contribution < -0.4 is 24.3 Å². The summed E-state index contributed by atoms with van der Waals surface area (Å²) in [5.41, 5.74) is 5.67. The zero-order valence-corrected chi connectivity index (χ0v) is 21.7. The summed E-state index contributed by atoms with van der Waals surface area (Å²) in [6.07, 6.45) is 0.829. The molecule has 35 heavy (non-hydrogen) atoms. The van der Waals surface area contributed by atoms with Crippen LogP contribution in [0, 0.1) is 13.8 Å².